The van der Waals surface area contributed by atoms with Crippen LogP contribution in [0.15, 0.2) is 0 Å². The summed E-state index contributed by atoms with van der Waals surface area (Å²) < 4.78 is 0. The van der Waals surface area contributed by atoms with E-state index in [0.717, 1.165) is 45.1 Å². The molecule has 2 fully saturated rings. The lowest BCUT2D eigenvalue weighted by Crippen LogP contribution is -2.58. The van der Waals surface area contributed by atoms with Crippen LogP contribution in [0.4, 0.5) is 0 Å². The molecule has 0 spiro atoms. The van der Waals surface area contributed by atoms with Crippen LogP contribution < -0.4 is 5.73 Å². The van der Waals surface area contributed by atoms with Gasteiger partial charge in [-0.1, -0.05) is 26.7 Å². The molecule has 1 saturated carbocycles. The fraction of sp³-hybridized carbons (Fsp3) is 0.938. The molecule has 1 heterocycles. The molecule has 2 unspecified atom stereocenters. The van der Waals surface area contributed by atoms with Gasteiger partial charge in [-0.25, -0.2) is 0 Å². The number of piperidine rings is 1. The highest BCUT2D eigenvalue weighted by molar-refractivity contribution is 5.83. The van der Waals surface area contributed by atoms with Crippen molar-refractivity contribution in [3.8, 4) is 0 Å². The molecule has 4 nitrogen and oxygen atoms in total. The molecule has 116 valence electrons. The summed E-state index contributed by atoms with van der Waals surface area (Å²) in [7, 11) is 0. The maximum Gasteiger partial charge on any atom is 0.230 e. The lowest BCUT2D eigenvalue weighted by molar-refractivity contribution is -0.153. The van der Waals surface area contributed by atoms with E-state index in [1.165, 1.54) is 6.42 Å². The number of fused-ring (bicyclic) bond motifs is 1. The zero-order chi connectivity index (χ0) is 14.8. The number of nitrogens with two attached hydrogens (primary N) is 1. The predicted octanol–water partition coefficient (Wildman–Crippen LogP) is 1.91. The number of carbonyl (C=O) groups is 1. The summed E-state index contributed by atoms with van der Waals surface area (Å²) in [5.41, 5.74) is 4.98. The summed E-state index contributed by atoms with van der Waals surface area (Å²) in [6.07, 6.45) is 6.58. The van der Waals surface area contributed by atoms with Crippen molar-refractivity contribution >= 4 is 5.91 Å². The molecule has 0 aromatic rings. The first-order valence-corrected chi connectivity index (χ1v) is 8.23. The van der Waals surface area contributed by atoms with Gasteiger partial charge in [-0.15, -0.1) is 0 Å². The minimum atomic E-state index is -0.515. The van der Waals surface area contributed by atoms with E-state index in [0.29, 0.717) is 13.1 Å². The summed E-state index contributed by atoms with van der Waals surface area (Å²) in [6, 6.07) is 0. The smallest absolute Gasteiger partial charge is 0.230 e. The molecule has 0 bridgehead atoms. The van der Waals surface area contributed by atoms with Gasteiger partial charge < -0.3 is 15.7 Å². The van der Waals surface area contributed by atoms with Gasteiger partial charge in [-0.3, -0.25) is 4.79 Å². The van der Waals surface area contributed by atoms with Crippen molar-refractivity contribution in [1.82, 2.24) is 4.90 Å². The minimum absolute atomic E-state index is 0.206. The zero-order valence-electron chi connectivity index (χ0n) is 13.0. The largest absolute Gasteiger partial charge is 0.389 e. The van der Waals surface area contributed by atoms with Crippen molar-refractivity contribution in [2.45, 2.75) is 64.4 Å². The topological polar surface area (TPSA) is 66.6 Å². The normalized spacial score (nSPS) is 31.0. The molecule has 0 aromatic carbocycles. The summed E-state index contributed by atoms with van der Waals surface area (Å²) >= 11 is 0. The first-order valence-electron chi connectivity index (χ1n) is 8.23. The lowest BCUT2D eigenvalue weighted by Gasteiger charge is -2.49. The van der Waals surface area contributed by atoms with Gasteiger partial charge in [0.1, 0.15) is 0 Å². The second-order valence-corrected chi connectivity index (χ2v) is 6.74. The number of amides is 1. The number of aliphatic hydroxyl groups is 1. The first kappa shape index (κ1) is 15.8. The van der Waals surface area contributed by atoms with Crippen LogP contribution in [-0.4, -0.2) is 41.1 Å². The third-order valence-corrected chi connectivity index (χ3v) is 5.91. The van der Waals surface area contributed by atoms with Crippen molar-refractivity contribution in [3.63, 3.8) is 0 Å². The second kappa shape index (κ2) is 6.02. The number of rotatable bonds is 4. The molecule has 4 heteroatoms. The Morgan fingerprint density at radius 2 is 2.05 bits per heavy atom. The molecule has 1 aliphatic carbocycles. The van der Waals surface area contributed by atoms with Crippen LogP contribution in [0.25, 0.3) is 0 Å². The quantitative estimate of drug-likeness (QED) is 0.827. The fourth-order valence-corrected chi connectivity index (χ4v) is 4.02. The van der Waals surface area contributed by atoms with Crippen molar-refractivity contribution in [1.29, 1.82) is 0 Å². The highest BCUT2D eigenvalue weighted by Crippen LogP contribution is 2.41. The van der Waals surface area contributed by atoms with Crippen LogP contribution in [0.3, 0.4) is 0 Å². The van der Waals surface area contributed by atoms with Crippen LogP contribution in [0.2, 0.25) is 0 Å². The second-order valence-electron chi connectivity index (χ2n) is 6.74. The number of hydrogen-bond donors (Lipinski definition) is 2. The Bertz CT molecular complexity index is 346. The molecule has 20 heavy (non-hydrogen) atoms. The van der Waals surface area contributed by atoms with Gasteiger partial charge in [0.05, 0.1) is 11.0 Å². The van der Waals surface area contributed by atoms with E-state index in [4.69, 9.17) is 5.73 Å². The van der Waals surface area contributed by atoms with Crippen LogP contribution in [0, 0.1) is 11.3 Å². The van der Waals surface area contributed by atoms with E-state index >= 15 is 0 Å². The molecule has 2 atom stereocenters. The lowest BCUT2D eigenvalue weighted by atomic mass is 9.70. The molecule has 2 aliphatic rings. The highest BCUT2D eigenvalue weighted by Gasteiger charge is 2.46. The number of likely N-dealkylation sites (tertiary alicyclic amines) is 1. The van der Waals surface area contributed by atoms with Crippen molar-refractivity contribution in [2.24, 2.45) is 17.1 Å². The number of nitrogens with zero attached hydrogens (tertiary/aromatic N) is 1. The monoisotopic (exact) mass is 282 g/mol. The number of carbonyl (C=O) groups excluding carboxylic acids is 1. The van der Waals surface area contributed by atoms with Crippen molar-refractivity contribution in [2.75, 3.05) is 19.6 Å². The van der Waals surface area contributed by atoms with Gasteiger partial charge >= 0.3 is 0 Å². The fourth-order valence-electron chi connectivity index (χ4n) is 4.02. The Balaban J connectivity index is 2.09. The summed E-state index contributed by atoms with van der Waals surface area (Å²) in [6.45, 7) is 5.93. The summed E-state index contributed by atoms with van der Waals surface area (Å²) in [5, 5.41) is 10.7. The Kier molecular flexibility index (Phi) is 4.75. The summed E-state index contributed by atoms with van der Waals surface area (Å²) in [4.78, 5) is 14.8. The molecule has 1 amide bonds. The third kappa shape index (κ3) is 2.60. The van der Waals surface area contributed by atoms with Crippen LogP contribution in [0.1, 0.15) is 58.8 Å². The Morgan fingerprint density at radius 1 is 1.35 bits per heavy atom. The van der Waals surface area contributed by atoms with E-state index < -0.39 is 11.0 Å². The van der Waals surface area contributed by atoms with E-state index in [1.54, 1.807) is 0 Å². The molecule has 1 saturated heterocycles. The van der Waals surface area contributed by atoms with Crippen LogP contribution >= 0.6 is 0 Å². The standard InChI is InChI=1S/C16H30N2O2/c1-3-15(4-2,12-17)14(19)18-10-9-16(20)8-6-5-7-13(16)11-18/h13,20H,3-12,17H2,1-2H3. The highest BCUT2D eigenvalue weighted by atomic mass is 16.3. The average molecular weight is 282 g/mol. The van der Waals surface area contributed by atoms with Gasteiger partial charge in [0.25, 0.3) is 0 Å². The van der Waals surface area contributed by atoms with E-state index in [9.17, 15) is 9.90 Å². The Labute approximate surface area is 122 Å². The van der Waals surface area contributed by atoms with Gasteiger partial charge in [-0.05, 0) is 32.1 Å². The number of hydrogen-bond acceptors (Lipinski definition) is 3. The molecule has 1 aliphatic heterocycles. The van der Waals surface area contributed by atoms with E-state index in [-0.39, 0.29) is 11.8 Å². The maximum absolute atomic E-state index is 12.9. The van der Waals surface area contributed by atoms with Crippen LogP contribution in [-0.2, 0) is 4.79 Å². The average Bonchev–Trinajstić information content (AvgIpc) is 2.48. The molecule has 2 rings (SSSR count). The minimum Gasteiger partial charge on any atom is -0.389 e. The Morgan fingerprint density at radius 3 is 2.65 bits per heavy atom. The molecule has 3 N–H and O–H groups in total. The zero-order valence-corrected chi connectivity index (χ0v) is 13.0. The first-order chi connectivity index (χ1) is 9.51. The van der Waals surface area contributed by atoms with E-state index in [1.807, 2.05) is 4.90 Å². The Hall–Kier alpha value is -0.610. The van der Waals surface area contributed by atoms with Crippen molar-refractivity contribution < 1.29 is 9.90 Å². The third-order valence-electron chi connectivity index (χ3n) is 5.91. The molecular weight excluding hydrogens is 252 g/mol. The predicted molar refractivity (Wildman–Crippen MR) is 80.2 cm³/mol. The van der Waals surface area contributed by atoms with Crippen molar-refractivity contribution in [3.05, 3.63) is 0 Å². The van der Waals surface area contributed by atoms with Gasteiger partial charge in [-0.2, -0.15) is 0 Å². The van der Waals surface area contributed by atoms with E-state index in [2.05, 4.69) is 13.8 Å². The summed E-state index contributed by atoms with van der Waals surface area (Å²) in [5.74, 6) is 0.468. The molecule has 0 aromatic heterocycles. The van der Waals surface area contributed by atoms with Gasteiger partial charge in [0.2, 0.25) is 5.91 Å². The van der Waals surface area contributed by atoms with Gasteiger partial charge in [0.15, 0.2) is 0 Å². The maximum atomic E-state index is 12.9. The SMILES string of the molecule is CCC(CC)(CN)C(=O)N1CCC2(O)CCCCC2C1. The van der Waals surface area contributed by atoms with Crippen LogP contribution in [0.5, 0.6) is 0 Å². The molecule has 0 radical (unpaired) electrons. The molecular formula is C16H30N2O2. The van der Waals surface area contributed by atoms with Gasteiger partial charge in [0, 0.05) is 25.6 Å².